The lowest BCUT2D eigenvalue weighted by atomic mass is 9.94. The topological polar surface area (TPSA) is 72.1 Å². The van der Waals surface area contributed by atoms with Gasteiger partial charge in [0.2, 0.25) is 6.41 Å². The molecule has 5 nitrogen and oxygen atoms in total. The summed E-state index contributed by atoms with van der Waals surface area (Å²) in [6, 6.07) is 18.8. The largest absolute Gasteiger partial charge is 0.383 e. The lowest BCUT2D eigenvalue weighted by Crippen LogP contribution is -2.32. The second kappa shape index (κ2) is 7.88. The molecule has 0 radical (unpaired) electrons. The van der Waals surface area contributed by atoms with E-state index in [9.17, 15) is 4.79 Å². The first-order chi connectivity index (χ1) is 14.7. The second-order valence-electron chi connectivity index (χ2n) is 7.62. The molecule has 0 spiro atoms. The molecule has 1 amide bonds. The fraction of sp³-hybridized carbons (Fsp3) is 0.208. The highest BCUT2D eigenvalue weighted by molar-refractivity contribution is 7.21. The quantitative estimate of drug-likeness (QED) is 0.461. The van der Waals surface area contributed by atoms with Crippen LogP contribution in [0.1, 0.15) is 30.9 Å². The fourth-order valence-corrected chi connectivity index (χ4v) is 5.12. The number of anilines is 1. The average molecular weight is 415 g/mol. The minimum Gasteiger partial charge on any atom is -0.383 e. The minimum absolute atomic E-state index is 0.174. The summed E-state index contributed by atoms with van der Waals surface area (Å²) in [5.41, 5.74) is 11.3. The number of pyridine rings is 1. The van der Waals surface area contributed by atoms with Crippen molar-refractivity contribution in [3.05, 3.63) is 66.4 Å². The van der Waals surface area contributed by atoms with Gasteiger partial charge in [0, 0.05) is 18.3 Å². The number of amides is 1. The van der Waals surface area contributed by atoms with Crippen LogP contribution in [0.3, 0.4) is 0 Å². The number of nitrogens with two attached hydrogens (primary N) is 1. The van der Waals surface area contributed by atoms with Crippen LogP contribution in [0.2, 0.25) is 0 Å². The normalized spacial score (nSPS) is 16.7. The Hall–Kier alpha value is -3.25. The number of rotatable bonds is 4. The number of fused-ring (bicyclic) bond motifs is 1. The molecule has 1 aliphatic heterocycles. The van der Waals surface area contributed by atoms with Crippen molar-refractivity contribution in [2.45, 2.75) is 25.3 Å². The van der Waals surface area contributed by atoms with Gasteiger partial charge >= 0.3 is 0 Å². The van der Waals surface area contributed by atoms with E-state index in [1.54, 1.807) is 17.5 Å². The third kappa shape index (κ3) is 3.44. The lowest BCUT2D eigenvalue weighted by Gasteiger charge is -2.33. The van der Waals surface area contributed by atoms with E-state index in [0.29, 0.717) is 5.82 Å². The highest BCUT2D eigenvalue weighted by Crippen LogP contribution is 2.36. The number of para-hydroxylation sites is 1. The minimum atomic E-state index is 0.174. The van der Waals surface area contributed by atoms with Gasteiger partial charge in [-0.05, 0) is 48.6 Å². The molecule has 1 aliphatic rings. The van der Waals surface area contributed by atoms with Crippen LogP contribution < -0.4 is 5.73 Å². The zero-order chi connectivity index (χ0) is 20.5. The Morgan fingerprint density at radius 2 is 1.90 bits per heavy atom. The molecule has 1 unspecified atom stereocenters. The van der Waals surface area contributed by atoms with Crippen LogP contribution in [0, 0.1) is 0 Å². The summed E-state index contributed by atoms with van der Waals surface area (Å²) < 4.78 is 1.13. The van der Waals surface area contributed by atoms with E-state index < -0.39 is 0 Å². The fourth-order valence-electron chi connectivity index (χ4n) is 4.13. The van der Waals surface area contributed by atoms with E-state index in [2.05, 4.69) is 41.4 Å². The van der Waals surface area contributed by atoms with Gasteiger partial charge in [-0.1, -0.05) is 36.4 Å². The van der Waals surface area contributed by atoms with E-state index in [4.69, 9.17) is 10.7 Å². The van der Waals surface area contributed by atoms with Crippen LogP contribution in [0.15, 0.2) is 60.8 Å². The van der Waals surface area contributed by atoms with Gasteiger partial charge in [0.05, 0.1) is 21.8 Å². The molecule has 2 aromatic heterocycles. The maximum atomic E-state index is 11.4. The molecule has 3 heterocycles. The molecule has 150 valence electrons. The van der Waals surface area contributed by atoms with E-state index in [-0.39, 0.29) is 6.04 Å². The van der Waals surface area contributed by atoms with Gasteiger partial charge < -0.3 is 10.6 Å². The van der Waals surface area contributed by atoms with E-state index >= 15 is 0 Å². The van der Waals surface area contributed by atoms with Crippen LogP contribution in [0.5, 0.6) is 0 Å². The average Bonchev–Trinajstić information content (AvgIpc) is 3.23. The molecule has 2 aromatic carbocycles. The highest BCUT2D eigenvalue weighted by Gasteiger charge is 2.22. The zero-order valence-electron chi connectivity index (χ0n) is 16.5. The van der Waals surface area contributed by atoms with Gasteiger partial charge in [-0.15, -0.1) is 11.3 Å². The van der Waals surface area contributed by atoms with E-state index in [1.807, 2.05) is 23.1 Å². The summed E-state index contributed by atoms with van der Waals surface area (Å²) in [6.07, 6.45) is 6.04. The first kappa shape index (κ1) is 18.8. The summed E-state index contributed by atoms with van der Waals surface area (Å²) in [5, 5.41) is 0.878. The van der Waals surface area contributed by atoms with Crippen molar-refractivity contribution in [3.63, 3.8) is 0 Å². The van der Waals surface area contributed by atoms with Crippen molar-refractivity contribution in [2.75, 3.05) is 12.3 Å². The van der Waals surface area contributed by atoms with Gasteiger partial charge in [0.25, 0.3) is 0 Å². The number of carbonyl (C=O) groups is 1. The molecule has 2 N–H and O–H groups in total. The van der Waals surface area contributed by atoms with Crippen LogP contribution in [-0.4, -0.2) is 27.8 Å². The third-order valence-corrected chi connectivity index (χ3v) is 6.82. The Labute approximate surface area is 179 Å². The van der Waals surface area contributed by atoms with E-state index in [1.165, 1.54) is 5.56 Å². The molecule has 4 aromatic rings. The van der Waals surface area contributed by atoms with Crippen molar-refractivity contribution < 1.29 is 4.79 Å². The molecule has 0 bridgehead atoms. The number of thiazole rings is 1. The Morgan fingerprint density at radius 1 is 1.07 bits per heavy atom. The lowest BCUT2D eigenvalue weighted by molar-refractivity contribution is -0.121. The molecule has 1 atom stereocenters. The van der Waals surface area contributed by atoms with Gasteiger partial charge in [0.15, 0.2) is 0 Å². The van der Waals surface area contributed by atoms with Gasteiger partial charge in [-0.2, -0.15) is 0 Å². The molecule has 1 fully saturated rings. The highest BCUT2D eigenvalue weighted by atomic mass is 32.1. The Morgan fingerprint density at radius 3 is 2.70 bits per heavy atom. The van der Waals surface area contributed by atoms with Crippen molar-refractivity contribution in [3.8, 4) is 21.7 Å². The number of hydrogen-bond acceptors (Lipinski definition) is 5. The molecular formula is C24H22N4OS. The third-order valence-electron chi connectivity index (χ3n) is 5.75. The molecule has 5 rings (SSSR count). The number of nitrogen functional groups attached to an aromatic ring is 1. The number of carbonyl (C=O) groups excluding carboxylic acids is 1. The number of likely N-dealkylation sites (tertiary alicyclic amines) is 1. The van der Waals surface area contributed by atoms with Crippen LogP contribution >= 0.6 is 11.3 Å². The van der Waals surface area contributed by atoms with Crippen LogP contribution in [0.25, 0.3) is 31.9 Å². The molecule has 0 aliphatic carbocycles. The molecule has 1 saturated heterocycles. The molecule has 30 heavy (non-hydrogen) atoms. The number of piperidine rings is 1. The summed E-state index contributed by atoms with van der Waals surface area (Å²) in [4.78, 5) is 22.5. The van der Waals surface area contributed by atoms with Crippen LogP contribution in [0.4, 0.5) is 5.82 Å². The number of benzene rings is 2. The summed E-state index contributed by atoms with van der Waals surface area (Å²) in [5.74, 6) is 0.484. The zero-order valence-corrected chi connectivity index (χ0v) is 17.3. The number of nitrogens with zero attached hydrogens (tertiary/aromatic N) is 3. The maximum absolute atomic E-state index is 11.4. The Bertz CT molecular complexity index is 1170. The SMILES string of the molecule is Nc1ncc(-c2ccc(C3CCCCN3C=O)cc2)cc1-c1nc2ccccc2s1. The molecular weight excluding hydrogens is 392 g/mol. The first-order valence-electron chi connectivity index (χ1n) is 10.2. The first-order valence-corrected chi connectivity index (χ1v) is 11.0. The summed E-state index contributed by atoms with van der Waals surface area (Å²) in [7, 11) is 0. The van der Waals surface area contributed by atoms with Crippen molar-refractivity contribution in [2.24, 2.45) is 0 Å². The Balaban J connectivity index is 1.47. The van der Waals surface area contributed by atoms with Gasteiger partial charge in [-0.25, -0.2) is 9.97 Å². The standard InChI is InChI=1S/C24H22N4OS/c25-23-19(24-27-20-5-1-2-7-22(20)30-24)13-18(14-26-23)16-8-10-17(11-9-16)21-6-3-4-12-28(21)15-29/h1-2,5,7-11,13-15,21H,3-4,6,12H2,(H2,25,26). The summed E-state index contributed by atoms with van der Waals surface area (Å²) in [6.45, 7) is 0.837. The smallest absolute Gasteiger partial charge is 0.210 e. The van der Waals surface area contributed by atoms with Crippen molar-refractivity contribution in [1.82, 2.24) is 14.9 Å². The molecule has 0 saturated carbocycles. The molecule has 6 heteroatoms. The van der Waals surface area contributed by atoms with Gasteiger partial charge in [0.1, 0.15) is 10.8 Å². The predicted octanol–water partition coefficient (Wildman–Crippen LogP) is 5.29. The van der Waals surface area contributed by atoms with Crippen molar-refractivity contribution >= 4 is 33.8 Å². The van der Waals surface area contributed by atoms with E-state index in [0.717, 1.165) is 64.1 Å². The van der Waals surface area contributed by atoms with Crippen LogP contribution in [-0.2, 0) is 4.79 Å². The van der Waals surface area contributed by atoms with Gasteiger partial charge in [-0.3, -0.25) is 4.79 Å². The second-order valence-corrected chi connectivity index (χ2v) is 8.65. The monoisotopic (exact) mass is 414 g/mol. The predicted molar refractivity (Wildman–Crippen MR) is 122 cm³/mol. The van der Waals surface area contributed by atoms with Crippen molar-refractivity contribution in [1.29, 1.82) is 0 Å². The number of hydrogen-bond donors (Lipinski definition) is 1. The number of aromatic nitrogens is 2. The summed E-state index contributed by atoms with van der Waals surface area (Å²) >= 11 is 1.62. The Kier molecular flexibility index (Phi) is 4.93. The maximum Gasteiger partial charge on any atom is 0.210 e.